The molecule has 2 amide bonds. The predicted octanol–water partition coefficient (Wildman–Crippen LogP) is 27.1. The highest BCUT2D eigenvalue weighted by atomic mass is 16.6. The largest absolute Gasteiger partial charge is 0.469 e. The molecule has 0 heterocycles. The second-order valence-electron chi connectivity index (χ2n) is 29.1. The average Bonchev–Trinajstić information content (AvgIpc) is 1.23. The summed E-state index contributed by atoms with van der Waals surface area (Å²) in [5, 5.41) is 15.3. The molecule has 0 aliphatic carbocycles. The van der Waals surface area contributed by atoms with Gasteiger partial charge in [-0.25, -0.2) is 0 Å². The van der Waals surface area contributed by atoms with Crippen molar-refractivity contribution in [3.05, 3.63) is 60.7 Å². The Morgan fingerprint density at radius 3 is 0.814 bits per heavy atom. The number of hydrogen-bond donors (Lipinski definition) is 3. The first-order valence-corrected chi connectivity index (χ1v) is 43.4. The Morgan fingerprint density at radius 2 is 0.539 bits per heavy atom. The number of para-hydroxylation sites is 2. The first-order valence-electron chi connectivity index (χ1n) is 43.4. The lowest BCUT2D eigenvalue weighted by atomic mass is 10.0. The molecule has 12 nitrogen and oxygen atoms in total. The fourth-order valence-electron chi connectivity index (χ4n) is 12.5. The van der Waals surface area contributed by atoms with Crippen molar-refractivity contribution < 1.29 is 48.0 Å². The van der Waals surface area contributed by atoms with Gasteiger partial charge in [-0.05, 0) is 56.4 Å². The molecular weight excluding hydrogens is 1270 g/mol. The van der Waals surface area contributed by atoms with E-state index in [0.29, 0.717) is 32.1 Å². The zero-order chi connectivity index (χ0) is 74.6. The van der Waals surface area contributed by atoms with E-state index in [9.17, 15) is 29.1 Å². The van der Waals surface area contributed by atoms with Crippen LogP contribution in [0.1, 0.15) is 433 Å². The second-order valence-corrected chi connectivity index (χ2v) is 29.1. The molecule has 12 heteroatoms. The van der Waals surface area contributed by atoms with Gasteiger partial charge < -0.3 is 34.7 Å². The number of anilines is 2. The van der Waals surface area contributed by atoms with E-state index in [4.69, 9.17) is 14.2 Å². The lowest BCUT2D eigenvalue weighted by Gasteiger charge is -2.16. The monoisotopic (exact) mass is 1430 g/mol. The van der Waals surface area contributed by atoms with Gasteiger partial charge in [0, 0.05) is 43.5 Å². The Kier molecular flexibility index (Phi) is 83.8. The summed E-state index contributed by atoms with van der Waals surface area (Å²) in [6.45, 7) is 11.4. The molecule has 1 atom stereocenters. The van der Waals surface area contributed by atoms with Crippen LogP contribution in [0.15, 0.2) is 60.7 Å². The van der Waals surface area contributed by atoms with Crippen LogP contribution >= 0.6 is 0 Å². The molecule has 102 heavy (non-hydrogen) atoms. The van der Waals surface area contributed by atoms with E-state index in [0.717, 1.165) is 75.6 Å². The van der Waals surface area contributed by atoms with Crippen LogP contribution in [0, 0.1) is 0 Å². The summed E-state index contributed by atoms with van der Waals surface area (Å²) in [4.78, 5) is 58.0. The lowest BCUT2D eigenvalue weighted by molar-refractivity contribution is -0.155. The van der Waals surface area contributed by atoms with Gasteiger partial charge in [0.25, 0.3) is 0 Å². The number of amides is 2. The van der Waals surface area contributed by atoms with E-state index in [2.05, 4.69) is 50.0 Å². The highest BCUT2D eigenvalue weighted by Gasteiger charge is 2.14. The number of aliphatic hydroxyl groups is 1. The third-order valence-corrected chi connectivity index (χ3v) is 19.1. The number of carbonyl (C=O) groups is 5. The van der Waals surface area contributed by atoms with Crippen molar-refractivity contribution in [2.24, 2.45) is 0 Å². The number of ether oxygens (including phenoxy) is 4. The van der Waals surface area contributed by atoms with Crippen molar-refractivity contribution >= 4 is 41.1 Å². The molecule has 0 bridgehead atoms. The first kappa shape index (κ1) is 99.8. The topological polar surface area (TPSA) is 167 Å². The van der Waals surface area contributed by atoms with Crippen LogP contribution in [0.4, 0.5) is 11.4 Å². The van der Waals surface area contributed by atoms with E-state index < -0.39 is 6.10 Å². The lowest BCUT2D eigenvalue weighted by Crippen LogP contribution is -2.28. The maximum absolute atomic E-state index is 12.0. The molecule has 0 aromatic heterocycles. The van der Waals surface area contributed by atoms with Gasteiger partial charge in [0.05, 0.1) is 26.9 Å². The number of carbonyl (C=O) groups excluding carboxylic acids is 5. The summed E-state index contributed by atoms with van der Waals surface area (Å²) in [6.07, 6.45) is 76.4. The molecule has 594 valence electrons. The maximum atomic E-state index is 12.0. The van der Waals surface area contributed by atoms with Crippen molar-refractivity contribution in [1.82, 2.24) is 0 Å². The molecule has 1 unspecified atom stereocenters. The van der Waals surface area contributed by atoms with Crippen molar-refractivity contribution in [1.29, 1.82) is 0 Å². The first-order chi connectivity index (χ1) is 50.1. The van der Waals surface area contributed by atoms with Crippen LogP contribution in [-0.4, -0.2) is 74.5 Å². The maximum Gasteiger partial charge on any atom is 0.306 e. The molecule has 0 spiro atoms. The van der Waals surface area contributed by atoms with E-state index in [-0.39, 0.29) is 56.1 Å². The minimum Gasteiger partial charge on any atom is -0.469 e. The van der Waals surface area contributed by atoms with Crippen molar-refractivity contribution in [2.75, 3.05) is 44.2 Å². The Morgan fingerprint density at radius 1 is 0.304 bits per heavy atom. The molecule has 0 aliphatic rings. The fourth-order valence-corrected chi connectivity index (χ4v) is 12.5. The number of nitrogens with one attached hydrogen (secondary N) is 2. The molecule has 0 saturated heterocycles. The van der Waals surface area contributed by atoms with Gasteiger partial charge in [-0.3, -0.25) is 24.0 Å². The highest BCUT2D eigenvalue weighted by Crippen LogP contribution is 2.19. The van der Waals surface area contributed by atoms with Gasteiger partial charge in [0.15, 0.2) is 0 Å². The van der Waals surface area contributed by atoms with Gasteiger partial charge in [-0.2, -0.15) is 0 Å². The van der Waals surface area contributed by atoms with Crippen LogP contribution in [0.2, 0.25) is 0 Å². The van der Waals surface area contributed by atoms with E-state index >= 15 is 0 Å². The molecule has 2 aromatic carbocycles. The van der Waals surface area contributed by atoms with E-state index in [1.54, 1.807) is 0 Å². The highest BCUT2D eigenvalue weighted by molar-refractivity contribution is 5.91. The van der Waals surface area contributed by atoms with Crippen LogP contribution < -0.4 is 10.6 Å². The zero-order valence-corrected chi connectivity index (χ0v) is 67.6. The summed E-state index contributed by atoms with van der Waals surface area (Å²) >= 11 is 0. The van der Waals surface area contributed by atoms with Crippen LogP contribution in [0.25, 0.3) is 0 Å². The van der Waals surface area contributed by atoms with Gasteiger partial charge in [0.1, 0.15) is 12.7 Å². The number of unbranched alkanes of at least 4 members (excludes halogenated alkanes) is 52. The summed E-state index contributed by atoms with van der Waals surface area (Å²) in [5.41, 5.74) is 1.78. The number of methoxy groups -OCH3 is 1. The van der Waals surface area contributed by atoms with Crippen LogP contribution in [-0.2, 0) is 42.9 Å². The molecule has 0 saturated carbocycles. The van der Waals surface area contributed by atoms with E-state index in [1.807, 2.05) is 60.7 Å². The van der Waals surface area contributed by atoms with Gasteiger partial charge in [0.2, 0.25) is 11.8 Å². The number of aliphatic hydroxyl groups excluding tert-OH is 1. The molecule has 2 rings (SSSR count). The van der Waals surface area contributed by atoms with Gasteiger partial charge >= 0.3 is 17.9 Å². The standard InChI is InChI=1S/C31H60O6.C24H41NO.C23H46O2.C12H17NO/c1-3-5-7-9-11-13-14-16-17-19-21-23-30(33)36-26-25-35-28-29(27-32)37-31(34)24-22-20-18-15-12-10-8-6-4-2;1-2-3-4-5-6-7-8-9-10-11-12-13-14-15-19-22-24(26)25-23-20-17-16-18-21-23;1-3-4-5-6-7-8-9-10-11-12-13-14-15-16-17-18-19-20-21-22-23(24)25-2;1-2-3-5-10-12(14)13-11-8-6-4-7-9-11/h29,32H,3-28H2,1-2H3;16-18,20-21H,2-15,19,22H2,1H3,(H,25,26);3-22H2,1-2H3;4,6-9H,2-3,5,10H2,1H3,(H,13,14). The SMILES string of the molecule is CCCCCC(=O)Nc1ccccc1.CCCCCCCCCCCCCC(=O)OCCOCC(CO)OC(=O)CCCCCCCCCCC.CCCCCCCCCCCCCCCCCC(=O)Nc1ccccc1.CCCCCCCCCCCCCCCCCCCCCC(=O)OC. The molecule has 0 fully saturated rings. The van der Waals surface area contributed by atoms with Crippen molar-refractivity contribution in [3.8, 4) is 0 Å². The van der Waals surface area contributed by atoms with Crippen LogP contribution in [0.3, 0.4) is 0 Å². The second kappa shape index (κ2) is 85.6. The fraction of sp³-hybridized carbons (Fsp3) is 0.811. The molecular formula is C90H164N2O10. The summed E-state index contributed by atoms with van der Waals surface area (Å²) < 4.78 is 20.6. The Hall–Kier alpha value is -4.29. The minimum absolute atomic E-state index is 0.0630. The number of hydrogen-bond acceptors (Lipinski definition) is 10. The third kappa shape index (κ3) is 81.4. The van der Waals surface area contributed by atoms with Crippen molar-refractivity contribution in [2.45, 2.75) is 439 Å². The number of esters is 3. The smallest absolute Gasteiger partial charge is 0.306 e. The molecule has 0 radical (unpaired) electrons. The average molecular weight is 1430 g/mol. The Balaban J connectivity index is 0. The molecule has 2 aromatic rings. The Bertz CT molecular complexity index is 2020. The van der Waals surface area contributed by atoms with E-state index in [1.165, 1.54) is 309 Å². The molecule has 3 N–H and O–H groups in total. The summed E-state index contributed by atoms with van der Waals surface area (Å²) in [7, 11) is 1.47. The van der Waals surface area contributed by atoms with Gasteiger partial charge in [-0.15, -0.1) is 0 Å². The predicted molar refractivity (Wildman–Crippen MR) is 436 cm³/mol. The summed E-state index contributed by atoms with van der Waals surface area (Å²) in [6, 6.07) is 19.3. The normalized spacial score (nSPS) is 11.1. The summed E-state index contributed by atoms with van der Waals surface area (Å²) in [5.74, 6) is -0.280. The van der Waals surface area contributed by atoms with Crippen molar-refractivity contribution in [3.63, 3.8) is 0 Å². The molecule has 0 aliphatic heterocycles. The quantitative estimate of drug-likeness (QED) is 0.0330. The minimum atomic E-state index is -0.668. The van der Waals surface area contributed by atoms with Crippen LogP contribution in [0.5, 0.6) is 0 Å². The number of benzene rings is 2. The third-order valence-electron chi connectivity index (χ3n) is 19.1. The zero-order valence-electron chi connectivity index (χ0n) is 67.6. The number of rotatable bonds is 71. The Labute approximate surface area is 629 Å². The van der Waals surface area contributed by atoms with Gasteiger partial charge in [-0.1, -0.05) is 405 Å².